The van der Waals surface area contributed by atoms with E-state index in [0.29, 0.717) is 55.7 Å². The summed E-state index contributed by atoms with van der Waals surface area (Å²) in [6.45, 7) is 16.1. The third-order valence-electron chi connectivity index (χ3n) is 8.20. The van der Waals surface area contributed by atoms with Crippen LogP contribution < -0.4 is 15.1 Å². The predicted molar refractivity (Wildman–Crippen MR) is 203 cm³/mol. The van der Waals surface area contributed by atoms with Gasteiger partial charge in [-0.15, -0.1) is 24.8 Å². The van der Waals surface area contributed by atoms with E-state index < -0.39 is 17.5 Å². The van der Waals surface area contributed by atoms with Crippen LogP contribution in [-0.2, 0) is 27.1 Å². The van der Waals surface area contributed by atoms with Gasteiger partial charge >= 0.3 is 6.09 Å². The second-order valence-corrected chi connectivity index (χ2v) is 14.7. The maximum atomic E-state index is 12.2. The fourth-order valence-electron chi connectivity index (χ4n) is 5.64. The first-order valence-electron chi connectivity index (χ1n) is 16.8. The number of hydrogen-bond acceptors (Lipinski definition) is 11. The van der Waals surface area contributed by atoms with Crippen LogP contribution in [0, 0.1) is 0 Å². The molecule has 5 rings (SSSR count). The number of nitrogens with zero attached hydrogens (tertiary/aromatic N) is 5. The van der Waals surface area contributed by atoms with Crippen molar-refractivity contribution in [3.05, 3.63) is 45.7 Å². The quantitative estimate of drug-likeness (QED) is 0.312. The second-order valence-electron chi connectivity index (χ2n) is 13.9. The Balaban J connectivity index is 0.000000361. The van der Waals surface area contributed by atoms with Crippen molar-refractivity contribution in [1.82, 2.24) is 20.2 Å². The summed E-state index contributed by atoms with van der Waals surface area (Å²) in [5, 5.41) is 22.7. The third-order valence-corrected chi connectivity index (χ3v) is 8.76. The number of aliphatic hydroxyl groups is 2. The monoisotopic (exact) mass is 782 g/mol. The van der Waals surface area contributed by atoms with Crippen molar-refractivity contribution in [2.75, 3.05) is 75.4 Å². The minimum absolute atomic E-state index is 0. The molecule has 50 heavy (non-hydrogen) atoms. The number of hydrogen-bond donors (Lipinski definition) is 3. The largest absolute Gasteiger partial charge is 0.444 e. The average molecular weight is 785 g/mol. The van der Waals surface area contributed by atoms with Gasteiger partial charge in [-0.05, 0) is 83.6 Å². The SMILES string of the molecule is CC(C)(C)OC(=O)N1CCN(c2ncc(CC[C@H]3COC(C)(C)O3)cc2Cl)CC1.Cl.Cl.OC[C@@H](O)CCc1cnc(N2CCNCC2)c(Cl)c1. The molecule has 2 aromatic rings. The van der Waals surface area contributed by atoms with Crippen molar-refractivity contribution in [2.45, 2.75) is 83.9 Å². The summed E-state index contributed by atoms with van der Waals surface area (Å²) >= 11 is 12.8. The number of piperazine rings is 2. The van der Waals surface area contributed by atoms with Crippen molar-refractivity contribution in [2.24, 2.45) is 0 Å². The first-order valence-corrected chi connectivity index (χ1v) is 17.6. The molecule has 0 unspecified atom stereocenters. The molecule has 0 bridgehead atoms. The maximum Gasteiger partial charge on any atom is 0.410 e. The molecule has 284 valence electrons. The molecule has 0 spiro atoms. The summed E-state index contributed by atoms with van der Waals surface area (Å²) in [4.78, 5) is 27.3. The molecular formula is C34H54Cl4N6O6. The van der Waals surface area contributed by atoms with Gasteiger partial charge in [-0.25, -0.2) is 14.8 Å². The Bertz CT molecular complexity index is 1340. The molecular weight excluding hydrogens is 730 g/mol. The number of aryl methyl sites for hydroxylation is 2. The van der Waals surface area contributed by atoms with Crippen LogP contribution in [0.15, 0.2) is 24.5 Å². The smallest absolute Gasteiger partial charge is 0.410 e. The van der Waals surface area contributed by atoms with Crippen LogP contribution >= 0.6 is 48.0 Å². The number of rotatable bonds is 9. The Hall–Kier alpha value is -1.87. The van der Waals surface area contributed by atoms with E-state index in [-0.39, 0.29) is 43.6 Å². The molecule has 0 aromatic carbocycles. The van der Waals surface area contributed by atoms with Gasteiger partial charge in [0.25, 0.3) is 0 Å². The Morgan fingerprint density at radius 3 is 2.00 bits per heavy atom. The first-order chi connectivity index (χ1) is 22.7. The number of carbonyl (C=O) groups is 1. The molecule has 5 heterocycles. The van der Waals surface area contributed by atoms with E-state index in [9.17, 15) is 9.90 Å². The highest BCUT2D eigenvalue weighted by Crippen LogP contribution is 2.29. The van der Waals surface area contributed by atoms with E-state index in [1.54, 1.807) is 11.1 Å². The molecule has 3 fully saturated rings. The zero-order valence-corrected chi connectivity index (χ0v) is 32.8. The highest BCUT2D eigenvalue weighted by atomic mass is 35.5. The Morgan fingerprint density at radius 2 is 1.52 bits per heavy atom. The van der Waals surface area contributed by atoms with Gasteiger partial charge in [0.1, 0.15) is 17.2 Å². The topological polar surface area (TPSA) is 133 Å². The van der Waals surface area contributed by atoms with E-state index in [1.807, 2.05) is 52.9 Å². The van der Waals surface area contributed by atoms with Crippen LogP contribution in [-0.4, -0.2) is 120 Å². The van der Waals surface area contributed by atoms with Crippen LogP contribution in [0.4, 0.5) is 16.4 Å². The van der Waals surface area contributed by atoms with Crippen LogP contribution in [0.3, 0.4) is 0 Å². The Labute approximate surface area is 319 Å². The molecule has 3 saturated heterocycles. The molecule has 0 aliphatic carbocycles. The maximum absolute atomic E-state index is 12.2. The van der Waals surface area contributed by atoms with Crippen molar-refractivity contribution < 1.29 is 29.2 Å². The van der Waals surface area contributed by atoms with Crippen LogP contribution in [0.25, 0.3) is 0 Å². The minimum atomic E-state index is -0.674. The lowest BCUT2D eigenvalue weighted by atomic mass is 10.1. The standard InChI is InChI=1S/C21H32ClN3O4.C13H20ClN3O2.2ClH/c1-20(2,3)29-19(26)25-10-8-24(9-11-25)18-17(22)12-15(13-23-18)6-7-16-14-27-21(4,5)28-16;14-12-7-10(1-2-11(19)9-18)8-16-13(12)17-5-3-15-4-6-17;;/h12-13,16H,6-11,14H2,1-5H3;7-8,11,15,18-19H,1-6,9H2;2*1H/t16-;11-;;/m00../s1. The number of amides is 1. The molecule has 2 atom stereocenters. The molecule has 16 heteroatoms. The molecule has 3 aliphatic heterocycles. The van der Waals surface area contributed by atoms with E-state index >= 15 is 0 Å². The van der Waals surface area contributed by atoms with E-state index in [4.69, 9.17) is 42.5 Å². The van der Waals surface area contributed by atoms with E-state index in [1.165, 1.54) is 0 Å². The summed E-state index contributed by atoms with van der Waals surface area (Å²) in [6.07, 6.45) is 5.72. The van der Waals surface area contributed by atoms with Crippen molar-refractivity contribution in [1.29, 1.82) is 0 Å². The van der Waals surface area contributed by atoms with Gasteiger partial charge in [0.2, 0.25) is 0 Å². The highest BCUT2D eigenvalue weighted by Gasteiger charge is 2.32. The van der Waals surface area contributed by atoms with Crippen molar-refractivity contribution in [3.8, 4) is 0 Å². The lowest BCUT2D eigenvalue weighted by molar-refractivity contribution is -0.138. The summed E-state index contributed by atoms with van der Waals surface area (Å²) in [7, 11) is 0. The number of aromatic nitrogens is 2. The summed E-state index contributed by atoms with van der Waals surface area (Å²) < 4.78 is 16.9. The van der Waals surface area contributed by atoms with Gasteiger partial charge in [0, 0.05) is 64.8 Å². The van der Waals surface area contributed by atoms with Gasteiger partial charge in [-0.1, -0.05) is 23.2 Å². The van der Waals surface area contributed by atoms with E-state index in [0.717, 1.165) is 61.8 Å². The molecule has 2 aromatic heterocycles. The predicted octanol–water partition coefficient (Wildman–Crippen LogP) is 5.15. The molecule has 1 amide bonds. The number of anilines is 2. The first kappa shape index (κ1) is 44.3. The number of carbonyl (C=O) groups excluding carboxylic acids is 1. The van der Waals surface area contributed by atoms with Gasteiger partial charge < -0.3 is 44.4 Å². The number of pyridine rings is 2. The molecule has 0 saturated carbocycles. The lowest BCUT2D eigenvalue weighted by Gasteiger charge is -2.36. The average Bonchev–Trinajstić information content (AvgIpc) is 3.41. The molecule has 3 aliphatic rings. The Kier molecular flexibility index (Phi) is 18.1. The van der Waals surface area contributed by atoms with Crippen molar-refractivity contribution >= 4 is 65.7 Å². The van der Waals surface area contributed by atoms with Gasteiger partial charge in [-0.2, -0.15) is 0 Å². The summed E-state index contributed by atoms with van der Waals surface area (Å²) in [6, 6.07) is 3.88. The van der Waals surface area contributed by atoms with Crippen molar-refractivity contribution in [3.63, 3.8) is 0 Å². The summed E-state index contributed by atoms with van der Waals surface area (Å²) in [5.74, 6) is 1.10. The lowest BCUT2D eigenvalue weighted by Crippen LogP contribution is -2.50. The highest BCUT2D eigenvalue weighted by molar-refractivity contribution is 6.33. The minimum Gasteiger partial charge on any atom is -0.444 e. The third kappa shape index (κ3) is 13.9. The normalized spacial score (nSPS) is 19.5. The van der Waals surface area contributed by atoms with Gasteiger partial charge in [-0.3, -0.25) is 0 Å². The summed E-state index contributed by atoms with van der Waals surface area (Å²) in [5.41, 5.74) is 1.58. The number of aliphatic hydroxyl groups excluding tert-OH is 2. The molecule has 12 nitrogen and oxygen atoms in total. The van der Waals surface area contributed by atoms with Crippen LogP contribution in [0.2, 0.25) is 10.0 Å². The number of nitrogens with one attached hydrogen (secondary N) is 1. The van der Waals surface area contributed by atoms with E-state index in [2.05, 4.69) is 25.1 Å². The molecule has 0 radical (unpaired) electrons. The van der Waals surface area contributed by atoms with Gasteiger partial charge in [0.15, 0.2) is 5.79 Å². The molecule has 3 N–H and O–H groups in total. The van der Waals surface area contributed by atoms with Crippen LogP contribution in [0.5, 0.6) is 0 Å². The number of ether oxygens (including phenoxy) is 3. The van der Waals surface area contributed by atoms with Crippen LogP contribution in [0.1, 0.15) is 58.6 Å². The fourth-order valence-corrected chi connectivity index (χ4v) is 6.26. The zero-order chi connectivity index (χ0) is 34.9. The number of halogens is 4. The van der Waals surface area contributed by atoms with Gasteiger partial charge in [0.05, 0.1) is 35.5 Å². The Morgan fingerprint density at radius 1 is 0.980 bits per heavy atom. The second kappa shape index (κ2) is 20.4. The fraction of sp³-hybridized carbons (Fsp3) is 0.676. The zero-order valence-electron chi connectivity index (χ0n) is 29.7.